The average molecular weight is 397 g/mol. The van der Waals surface area contributed by atoms with Crippen LogP contribution in [-0.2, 0) is 0 Å². The summed E-state index contributed by atoms with van der Waals surface area (Å²) >= 11 is 0. The third kappa shape index (κ3) is 3.50. The summed E-state index contributed by atoms with van der Waals surface area (Å²) in [5.74, 6) is 0.831. The standard InChI is InChI=1S/C25H23N3O2/c29-25(28-15-13-27(14-16-28)12-11-19-6-2-1-3-7-19)20-8-4-9-22-24(20)21(18-26-22)23-10-5-17-30-23/h1-12,17-18,26H,13-16H2. The van der Waals surface area contributed by atoms with Gasteiger partial charge in [0.15, 0.2) is 0 Å². The second-order valence-corrected chi connectivity index (χ2v) is 7.46. The SMILES string of the molecule is O=C(c1cccc2[nH]cc(-c3ccco3)c12)N1CCN(C=Cc2ccccc2)CC1. The number of fused-ring (bicyclic) bond motifs is 1. The van der Waals surface area contributed by atoms with E-state index < -0.39 is 0 Å². The van der Waals surface area contributed by atoms with Crippen molar-refractivity contribution >= 4 is 22.9 Å². The molecule has 5 heteroatoms. The Labute approximate surface area is 175 Å². The van der Waals surface area contributed by atoms with Gasteiger partial charge in [0, 0.05) is 54.4 Å². The molecule has 5 rings (SSSR count). The number of benzene rings is 2. The van der Waals surface area contributed by atoms with Crippen molar-refractivity contribution in [2.45, 2.75) is 0 Å². The maximum atomic E-state index is 13.4. The lowest BCUT2D eigenvalue weighted by Gasteiger charge is -2.34. The van der Waals surface area contributed by atoms with E-state index in [-0.39, 0.29) is 5.91 Å². The van der Waals surface area contributed by atoms with Crippen molar-refractivity contribution in [2.75, 3.05) is 26.2 Å². The zero-order valence-corrected chi connectivity index (χ0v) is 16.6. The number of furan rings is 1. The van der Waals surface area contributed by atoms with Crippen molar-refractivity contribution in [1.29, 1.82) is 0 Å². The number of hydrogen-bond acceptors (Lipinski definition) is 3. The molecule has 4 aromatic rings. The monoisotopic (exact) mass is 397 g/mol. The summed E-state index contributed by atoms with van der Waals surface area (Å²) in [6, 6.07) is 19.9. The molecule has 0 radical (unpaired) electrons. The molecule has 1 saturated heterocycles. The fourth-order valence-electron chi connectivity index (χ4n) is 3.99. The minimum Gasteiger partial charge on any atom is -0.464 e. The summed E-state index contributed by atoms with van der Waals surface area (Å²) in [6.07, 6.45) is 7.81. The number of aromatic amines is 1. The van der Waals surface area contributed by atoms with Gasteiger partial charge in [0.1, 0.15) is 5.76 Å². The lowest BCUT2D eigenvalue weighted by molar-refractivity contribution is 0.0682. The molecule has 0 spiro atoms. The fraction of sp³-hybridized carbons (Fsp3) is 0.160. The maximum Gasteiger partial charge on any atom is 0.254 e. The molecule has 0 saturated carbocycles. The van der Waals surface area contributed by atoms with Crippen LogP contribution < -0.4 is 0 Å². The highest BCUT2D eigenvalue weighted by Crippen LogP contribution is 2.32. The van der Waals surface area contributed by atoms with Crippen LogP contribution in [0.1, 0.15) is 15.9 Å². The van der Waals surface area contributed by atoms with Crippen LogP contribution in [0.25, 0.3) is 28.3 Å². The van der Waals surface area contributed by atoms with Crippen molar-refractivity contribution in [3.8, 4) is 11.3 Å². The first-order valence-corrected chi connectivity index (χ1v) is 10.2. The predicted octanol–water partition coefficient (Wildman–Crippen LogP) is 4.86. The van der Waals surface area contributed by atoms with Crippen LogP contribution in [0.4, 0.5) is 0 Å². The zero-order chi connectivity index (χ0) is 20.3. The van der Waals surface area contributed by atoms with Gasteiger partial charge in [-0.3, -0.25) is 4.79 Å². The summed E-state index contributed by atoms with van der Waals surface area (Å²) in [5.41, 5.74) is 3.76. The van der Waals surface area contributed by atoms with Crippen LogP contribution in [0.2, 0.25) is 0 Å². The smallest absolute Gasteiger partial charge is 0.254 e. The molecule has 1 aliphatic rings. The summed E-state index contributed by atoms with van der Waals surface area (Å²) in [7, 11) is 0. The largest absolute Gasteiger partial charge is 0.464 e. The van der Waals surface area contributed by atoms with E-state index in [0.29, 0.717) is 18.7 Å². The summed E-state index contributed by atoms with van der Waals surface area (Å²) in [5, 5.41) is 0.920. The van der Waals surface area contributed by atoms with E-state index in [1.165, 1.54) is 5.56 Å². The number of nitrogens with zero attached hydrogens (tertiary/aromatic N) is 2. The zero-order valence-electron chi connectivity index (χ0n) is 16.6. The highest BCUT2D eigenvalue weighted by Gasteiger charge is 2.24. The van der Waals surface area contributed by atoms with Crippen molar-refractivity contribution < 1.29 is 9.21 Å². The number of carbonyl (C=O) groups is 1. The van der Waals surface area contributed by atoms with E-state index in [4.69, 9.17) is 4.42 Å². The average Bonchev–Trinajstić information content (AvgIpc) is 3.48. The van der Waals surface area contributed by atoms with Crippen LogP contribution in [-0.4, -0.2) is 46.9 Å². The molecular weight excluding hydrogens is 374 g/mol. The summed E-state index contributed by atoms with van der Waals surface area (Å²) in [4.78, 5) is 20.8. The van der Waals surface area contributed by atoms with Gasteiger partial charge in [0.2, 0.25) is 0 Å². The van der Waals surface area contributed by atoms with E-state index in [1.807, 2.05) is 59.6 Å². The topological polar surface area (TPSA) is 52.5 Å². The van der Waals surface area contributed by atoms with Gasteiger partial charge in [0.05, 0.1) is 6.26 Å². The maximum absolute atomic E-state index is 13.4. The molecule has 1 N–H and O–H groups in total. The second kappa shape index (κ2) is 7.95. The predicted molar refractivity (Wildman–Crippen MR) is 119 cm³/mol. The molecule has 0 unspecified atom stereocenters. The van der Waals surface area contributed by atoms with Crippen LogP contribution in [0.15, 0.2) is 83.7 Å². The van der Waals surface area contributed by atoms with Crippen molar-refractivity contribution in [3.05, 3.63) is 90.5 Å². The number of hydrogen-bond donors (Lipinski definition) is 1. The summed E-state index contributed by atoms with van der Waals surface area (Å²) in [6.45, 7) is 3.05. The van der Waals surface area contributed by atoms with Crippen molar-refractivity contribution in [1.82, 2.24) is 14.8 Å². The second-order valence-electron chi connectivity index (χ2n) is 7.46. The number of amides is 1. The molecule has 5 nitrogen and oxygen atoms in total. The van der Waals surface area contributed by atoms with Gasteiger partial charge >= 0.3 is 0 Å². The molecule has 0 bridgehead atoms. The van der Waals surface area contributed by atoms with E-state index in [0.717, 1.165) is 35.3 Å². The quantitative estimate of drug-likeness (QED) is 0.535. The molecule has 0 aliphatic carbocycles. The molecule has 150 valence electrons. The van der Waals surface area contributed by atoms with Gasteiger partial charge in [-0.2, -0.15) is 0 Å². The molecule has 2 aromatic heterocycles. The minimum absolute atomic E-state index is 0.0692. The molecule has 1 amide bonds. The Morgan fingerprint density at radius 2 is 1.77 bits per heavy atom. The van der Waals surface area contributed by atoms with E-state index in [9.17, 15) is 4.79 Å². The Balaban J connectivity index is 1.33. The van der Waals surface area contributed by atoms with E-state index in [2.05, 4.69) is 34.3 Å². The fourth-order valence-corrected chi connectivity index (χ4v) is 3.99. The van der Waals surface area contributed by atoms with E-state index >= 15 is 0 Å². The van der Waals surface area contributed by atoms with Crippen molar-refractivity contribution in [2.24, 2.45) is 0 Å². The van der Waals surface area contributed by atoms with Gasteiger partial charge in [-0.15, -0.1) is 0 Å². The Morgan fingerprint density at radius 1 is 0.933 bits per heavy atom. The van der Waals surface area contributed by atoms with Gasteiger partial charge < -0.3 is 19.2 Å². The first kappa shape index (κ1) is 18.3. The lowest BCUT2D eigenvalue weighted by atomic mass is 10.0. The van der Waals surface area contributed by atoms with Gasteiger partial charge in [-0.1, -0.05) is 36.4 Å². The van der Waals surface area contributed by atoms with Crippen LogP contribution in [0.5, 0.6) is 0 Å². The number of carbonyl (C=O) groups excluding carboxylic acids is 1. The number of aromatic nitrogens is 1. The molecule has 1 aliphatic heterocycles. The van der Waals surface area contributed by atoms with Gasteiger partial charge in [-0.25, -0.2) is 0 Å². The summed E-state index contributed by atoms with van der Waals surface area (Å²) < 4.78 is 5.58. The van der Waals surface area contributed by atoms with E-state index in [1.54, 1.807) is 6.26 Å². The minimum atomic E-state index is 0.0692. The van der Waals surface area contributed by atoms with Crippen LogP contribution in [0.3, 0.4) is 0 Å². The Kier molecular flexibility index (Phi) is 4.85. The van der Waals surface area contributed by atoms with Crippen molar-refractivity contribution in [3.63, 3.8) is 0 Å². The number of nitrogens with one attached hydrogen (secondary N) is 1. The molecule has 3 heterocycles. The highest BCUT2D eigenvalue weighted by molar-refractivity contribution is 6.11. The number of rotatable bonds is 4. The van der Waals surface area contributed by atoms with Gasteiger partial charge in [0.25, 0.3) is 5.91 Å². The Hall–Kier alpha value is -3.73. The normalized spacial score (nSPS) is 14.7. The third-order valence-corrected chi connectivity index (χ3v) is 5.60. The first-order valence-electron chi connectivity index (χ1n) is 10.2. The third-order valence-electron chi connectivity index (χ3n) is 5.60. The van der Waals surface area contributed by atoms with Crippen LogP contribution >= 0.6 is 0 Å². The Morgan fingerprint density at radius 3 is 2.53 bits per heavy atom. The Bertz CT molecular complexity index is 1170. The molecule has 0 atom stereocenters. The van der Waals surface area contributed by atoms with Gasteiger partial charge in [-0.05, 0) is 42.1 Å². The molecule has 2 aromatic carbocycles. The number of piperazine rings is 1. The number of H-pyrrole nitrogens is 1. The lowest BCUT2D eigenvalue weighted by Crippen LogP contribution is -2.46. The first-order chi connectivity index (χ1) is 14.8. The highest BCUT2D eigenvalue weighted by atomic mass is 16.3. The molecular formula is C25H23N3O2. The van der Waals surface area contributed by atoms with Crippen LogP contribution in [0, 0.1) is 0 Å². The molecule has 1 fully saturated rings. The molecule has 30 heavy (non-hydrogen) atoms.